The summed E-state index contributed by atoms with van der Waals surface area (Å²) in [6.07, 6.45) is 8.68. The molecule has 0 amide bonds. The Morgan fingerprint density at radius 3 is 1.92 bits per heavy atom. The number of ether oxygens (including phenoxy) is 2. The van der Waals surface area contributed by atoms with E-state index in [9.17, 15) is 9.59 Å². The zero-order valence-electron chi connectivity index (χ0n) is 25.1. The molecule has 1 heterocycles. The molecule has 5 nitrogen and oxygen atoms in total. The Labute approximate surface area is 235 Å². The Bertz CT molecular complexity index is 1160. The van der Waals surface area contributed by atoms with Gasteiger partial charge in [-0.25, -0.2) is 0 Å². The third-order valence-electron chi connectivity index (χ3n) is 8.86. The summed E-state index contributed by atoms with van der Waals surface area (Å²) in [5, 5.41) is 0. The summed E-state index contributed by atoms with van der Waals surface area (Å²) in [4.78, 5) is 30.8. The second-order valence-corrected chi connectivity index (χ2v) is 14.0. The van der Waals surface area contributed by atoms with Gasteiger partial charge in [0.05, 0.1) is 12.7 Å². The zero-order chi connectivity index (χ0) is 28.1. The normalized spacial score (nSPS) is 23.7. The summed E-state index contributed by atoms with van der Waals surface area (Å²) in [5.74, 6) is 1.41. The molecule has 5 heteroatoms. The number of ketones is 2. The van der Waals surface area contributed by atoms with Crippen LogP contribution in [0.5, 0.6) is 11.5 Å². The van der Waals surface area contributed by atoms with E-state index in [1.54, 1.807) is 0 Å². The van der Waals surface area contributed by atoms with Crippen LogP contribution in [0.25, 0.3) is 0 Å². The molecule has 0 spiro atoms. The van der Waals surface area contributed by atoms with E-state index in [0.717, 1.165) is 42.4 Å². The number of hydrogen-bond donors (Lipinski definition) is 0. The molecule has 1 fully saturated rings. The van der Waals surface area contributed by atoms with Crippen molar-refractivity contribution < 1.29 is 19.1 Å². The summed E-state index contributed by atoms with van der Waals surface area (Å²) >= 11 is 0. The van der Waals surface area contributed by atoms with Gasteiger partial charge in [0.2, 0.25) is 0 Å². The molecular weight excluding hydrogens is 486 g/mol. The summed E-state index contributed by atoms with van der Waals surface area (Å²) in [6, 6.07) is 6.40. The molecule has 39 heavy (non-hydrogen) atoms. The van der Waals surface area contributed by atoms with Crippen LogP contribution < -0.4 is 9.47 Å². The highest BCUT2D eigenvalue weighted by molar-refractivity contribution is 6.06. The van der Waals surface area contributed by atoms with Crippen molar-refractivity contribution in [2.45, 2.75) is 124 Å². The second-order valence-electron chi connectivity index (χ2n) is 14.0. The van der Waals surface area contributed by atoms with Gasteiger partial charge in [-0.2, -0.15) is 0 Å². The standard InChI is InChI=1S/C34H47NO4/c1-8-38-29-16-22(14-15-28(29)39-21(2)3)30-31-24(17-33(4,5)19-26(31)36)35(23-12-10-9-11-13-23)25-18-34(6,7)20-27(37)32(25)30/h14-16,21,23,30H,8-13,17-20H2,1-7H3. The molecule has 1 saturated carbocycles. The van der Waals surface area contributed by atoms with Gasteiger partial charge in [0, 0.05) is 47.3 Å². The summed E-state index contributed by atoms with van der Waals surface area (Å²) in [7, 11) is 0. The minimum atomic E-state index is -0.352. The Morgan fingerprint density at radius 2 is 1.41 bits per heavy atom. The van der Waals surface area contributed by atoms with Crippen LogP contribution in [0.15, 0.2) is 40.7 Å². The first-order chi connectivity index (χ1) is 18.4. The lowest BCUT2D eigenvalue weighted by atomic mass is 9.63. The molecule has 0 unspecified atom stereocenters. The summed E-state index contributed by atoms with van der Waals surface area (Å²) in [6.45, 7) is 15.4. The minimum absolute atomic E-state index is 0.0155. The second kappa shape index (κ2) is 10.4. The van der Waals surface area contributed by atoms with E-state index in [1.807, 2.05) is 32.9 Å². The van der Waals surface area contributed by atoms with Crippen LogP contribution in [0, 0.1) is 10.8 Å². The molecule has 0 bridgehead atoms. The Hall–Kier alpha value is -2.56. The van der Waals surface area contributed by atoms with Crippen molar-refractivity contribution >= 4 is 11.6 Å². The highest BCUT2D eigenvalue weighted by atomic mass is 16.5. The van der Waals surface area contributed by atoms with Gasteiger partial charge in [0.1, 0.15) is 0 Å². The van der Waals surface area contributed by atoms with E-state index in [0.29, 0.717) is 37.0 Å². The van der Waals surface area contributed by atoms with Crippen molar-refractivity contribution in [1.82, 2.24) is 4.90 Å². The molecule has 212 valence electrons. The average molecular weight is 534 g/mol. The largest absolute Gasteiger partial charge is 0.490 e. The maximum absolute atomic E-state index is 14.1. The Kier molecular flexibility index (Phi) is 7.50. The molecule has 0 saturated heterocycles. The first-order valence-electron chi connectivity index (χ1n) is 15.2. The van der Waals surface area contributed by atoms with E-state index in [4.69, 9.17) is 9.47 Å². The highest BCUT2D eigenvalue weighted by Gasteiger charge is 2.50. The number of allylic oxidation sites excluding steroid dienone is 4. The monoisotopic (exact) mass is 533 g/mol. The maximum Gasteiger partial charge on any atom is 0.162 e. The van der Waals surface area contributed by atoms with Gasteiger partial charge in [-0.05, 0) is 75.0 Å². The summed E-state index contributed by atoms with van der Waals surface area (Å²) < 4.78 is 12.1. The molecule has 4 aliphatic rings. The highest BCUT2D eigenvalue weighted by Crippen LogP contribution is 2.56. The van der Waals surface area contributed by atoms with Gasteiger partial charge in [-0.15, -0.1) is 0 Å². The van der Waals surface area contributed by atoms with Crippen molar-refractivity contribution in [3.05, 3.63) is 46.3 Å². The molecule has 0 aromatic heterocycles. The predicted molar refractivity (Wildman–Crippen MR) is 155 cm³/mol. The molecule has 0 atom stereocenters. The fraction of sp³-hybridized carbons (Fsp3) is 0.647. The molecule has 5 rings (SSSR count). The van der Waals surface area contributed by atoms with Crippen molar-refractivity contribution in [3.8, 4) is 11.5 Å². The van der Waals surface area contributed by atoms with Crippen LogP contribution in [0.4, 0.5) is 0 Å². The third kappa shape index (κ3) is 5.43. The lowest BCUT2D eigenvalue weighted by Crippen LogP contribution is -2.48. The van der Waals surface area contributed by atoms with Gasteiger partial charge < -0.3 is 14.4 Å². The molecule has 1 aromatic carbocycles. The summed E-state index contributed by atoms with van der Waals surface area (Å²) in [5.41, 5.74) is 4.81. The third-order valence-corrected chi connectivity index (χ3v) is 8.86. The number of carbonyl (C=O) groups is 2. The molecule has 3 aliphatic carbocycles. The quantitative estimate of drug-likeness (QED) is 0.372. The first-order valence-corrected chi connectivity index (χ1v) is 15.2. The molecule has 0 N–H and O–H groups in total. The Morgan fingerprint density at radius 1 is 0.846 bits per heavy atom. The van der Waals surface area contributed by atoms with Crippen LogP contribution in [0.3, 0.4) is 0 Å². The fourth-order valence-corrected chi connectivity index (χ4v) is 7.43. The molecular formula is C34H47NO4. The predicted octanol–water partition coefficient (Wildman–Crippen LogP) is 7.89. The van der Waals surface area contributed by atoms with Crippen molar-refractivity contribution in [2.24, 2.45) is 10.8 Å². The minimum Gasteiger partial charge on any atom is -0.490 e. The van der Waals surface area contributed by atoms with Crippen molar-refractivity contribution in [3.63, 3.8) is 0 Å². The van der Waals surface area contributed by atoms with Crippen LogP contribution in [-0.2, 0) is 9.59 Å². The van der Waals surface area contributed by atoms with Crippen LogP contribution in [0.2, 0.25) is 0 Å². The number of Topliss-reactive ketones (excluding diaryl/α,β-unsaturated/α-hetero) is 2. The first kappa shape index (κ1) is 28.0. The SMILES string of the molecule is CCOc1cc(C2C3=C(CC(C)(C)CC3=O)N(C3CCCCC3)C3=C2C(=O)CC(C)(C)C3)ccc1OC(C)C. The van der Waals surface area contributed by atoms with E-state index >= 15 is 0 Å². The fourth-order valence-electron chi connectivity index (χ4n) is 7.43. The van der Waals surface area contributed by atoms with Crippen molar-refractivity contribution in [2.75, 3.05) is 6.61 Å². The lowest BCUT2D eigenvalue weighted by Gasteiger charge is -2.52. The number of nitrogens with zero attached hydrogens (tertiary/aromatic N) is 1. The number of carbonyl (C=O) groups excluding carboxylic acids is 2. The number of benzene rings is 1. The molecule has 1 aromatic rings. The average Bonchev–Trinajstić information content (AvgIpc) is 2.83. The van der Waals surface area contributed by atoms with Crippen LogP contribution in [0.1, 0.15) is 118 Å². The van der Waals surface area contributed by atoms with Gasteiger partial charge in [0.15, 0.2) is 23.1 Å². The van der Waals surface area contributed by atoms with Crippen molar-refractivity contribution in [1.29, 1.82) is 0 Å². The molecule has 0 radical (unpaired) electrons. The van der Waals surface area contributed by atoms with E-state index in [2.05, 4.69) is 38.7 Å². The van der Waals surface area contributed by atoms with Gasteiger partial charge in [0.25, 0.3) is 0 Å². The van der Waals surface area contributed by atoms with E-state index in [-0.39, 0.29) is 34.4 Å². The van der Waals surface area contributed by atoms with E-state index in [1.165, 1.54) is 30.7 Å². The van der Waals surface area contributed by atoms with Gasteiger partial charge >= 0.3 is 0 Å². The molecule has 1 aliphatic heterocycles. The number of hydrogen-bond acceptors (Lipinski definition) is 5. The van der Waals surface area contributed by atoms with E-state index < -0.39 is 0 Å². The van der Waals surface area contributed by atoms with Gasteiger partial charge in [-0.3, -0.25) is 9.59 Å². The van der Waals surface area contributed by atoms with Gasteiger partial charge in [-0.1, -0.05) is 53.0 Å². The van der Waals surface area contributed by atoms with Crippen LogP contribution >= 0.6 is 0 Å². The smallest absolute Gasteiger partial charge is 0.162 e. The number of rotatable bonds is 6. The topological polar surface area (TPSA) is 55.8 Å². The zero-order valence-corrected chi connectivity index (χ0v) is 25.1. The Balaban J connectivity index is 1.74. The van der Waals surface area contributed by atoms with Crippen LogP contribution in [-0.4, -0.2) is 35.2 Å². The maximum atomic E-state index is 14.1. The lowest BCUT2D eigenvalue weighted by molar-refractivity contribution is -0.119.